The van der Waals surface area contributed by atoms with Crippen LogP contribution in [0.5, 0.6) is 0 Å². The van der Waals surface area contributed by atoms with Crippen LogP contribution in [0.2, 0.25) is 5.02 Å². The lowest BCUT2D eigenvalue weighted by Gasteiger charge is -2.09. The predicted molar refractivity (Wildman–Crippen MR) is 98.9 cm³/mol. The molecule has 1 N–H and O–H groups in total. The highest BCUT2D eigenvalue weighted by atomic mass is 35.5. The van der Waals surface area contributed by atoms with Crippen LogP contribution in [-0.2, 0) is 11.3 Å². The number of pyridine rings is 1. The maximum atomic E-state index is 13.4. The number of aryl methyl sites for hydroxylation is 1. The van der Waals surface area contributed by atoms with Gasteiger partial charge in [0, 0.05) is 17.7 Å². The van der Waals surface area contributed by atoms with Crippen molar-refractivity contribution in [2.75, 3.05) is 5.32 Å². The fraction of sp³-hybridized carbons (Fsp3) is 0.235. The number of nitro benzene ring substituents is 1. The molecule has 0 spiro atoms. The lowest BCUT2D eigenvalue weighted by molar-refractivity contribution is -0.384. The molecule has 158 valence electrons. The van der Waals surface area contributed by atoms with E-state index in [-0.39, 0.29) is 33.1 Å². The molecular formula is C17H12ClF4N5O3. The maximum Gasteiger partial charge on any atom is 0.280 e. The summed E-state index contributed by atoms with van der Waals surface area (Å²) in [5, 5.41) is 16.9. The zero-order valence-corrected chi connectivity index (χ0v) is 15.8. The Morgan fingerprint density at radius 2 is 1.97 bits per heavy atom. The molecule has 1 aromatic carbocycles. The summed E-state index contributed by atoms with van der Waals surface area (Å²) in [6.45, 7) is 0.847. The van der Waals surface area contributed by atoms with E-state index in [1.807, 2.05) is 0 Å². The number of anilines is 1. The minimum absolute atomic E-state index is 0.0648. The molecule has 3 aromatic rings. The third kappa shape index (κ3) is 4.17. The number of carbonyl (C=O) groups is 1. The van der Waals surface area contributed by atoms with Gasteiger partial charge in [0.05, 0.1) is 26.7 Å². The first kappa shape index (κ1) is 21.4. The minimum Gasteiger partial charge on any atom is -0.323 e. The van der Waals surface area contributed by atoms with Gasteiger partial charge in [-0.05, 0) is 19.1 Å². The lowest BCUT2D eigenvalue weighted by atomic mass is 10.1. The van der Waals surface area contributed by atoms with E-state index in [0.29, 0.717) is 6.07 Å². The number of carbonyl (C=O) groups excluding carboxylic acids is 1. The van der Waals surface area contributed by atoms with Crippen molar-refractivity contribution < 1.29 is 27.3 Å². The van der Waals surface area contributed by atoms with Gasteiger partial charge in [-0.25, -0.2) is 27.2 Å². The molecule has 0 fully saturated rings. The summed E-state index contributed by atoms with van der Waals surface area (Å²) >= 11 is 5.91. The van der Waals surface area contributed by atoms with Gasteiger partial charge in [-0.3, -0.25) is 14.9 Å². The highest BCUT2D eigenvalue weighted by Gasteiger charge is 2.24. The monoisotopic (exact) mass is 445 g/mol. The van der Waals surface area contributed by atoms with Crippen LogP contribution >= 0.6 is 11.6 Å². The topological polar surface area (TPSA) is 103 Å². The summed E-state index contributed by atoms with van der Waals surface area (Å²) in [5.74, 6) is -0.724. The summed E-state index contributed by atoms with van der Waals surface area (Å²) in [6, 6.07) is 4.00. The number of non-ortho nitro benzene ring substituents is 1. The molecule has 0 unspecified atom stereocenters. The van der Waals surface area contributed by atoms with Gasteiger partial charge in [0.1, 0.15) is 12.2 Å². The number of fused-ring (bicyclic) bond motifs is 1. The number of aromatic nitrogens is 3. The molecule has 3 rings (SSSR count). The van der Waals surface area contributed by atoms with Crippen molar-refractivity contribution in [2.24, 2.45) is 0 Å². The van der Waals surface area contributed by atoms with Gasteiger partial charge in [0.25, 0.3) is 18.5 Å². The fourth-order valence-corrected chi connectivity index (χ4v) is 3.07. The van der Waals surface area contributed by atoms with E-state index < -0.39 is 41.5 Å². The van der Waals surface area contributed by atoms with E-state index in [0.717, 1.165) is 16.8 Å². The first-order valence-electron chi connectivity index (χ1n) is 8.26. The minimum atomic E-state index is -3.09. The number of alkyl halides is 4. The number of nitrogens with one attached hydrogen (secondary N) is 1. The van der Waals surface area contributed by atoms with Crippen molar-refractivity contribution in [1.82, 2.24) is 14.8 Å². The number of halogens is 5. The number of nitro groups is 1. The zero-order chi connectivity index (χ0) is 22.2. The Morgan fingerprint density at radius 3 is 2.53 bits per heavy atom. The molecule has 0 saturated heterocycles. The largest absolute Gasteiger partial charge is 0.323 e. The summed E-state index contributed by atoms with van der Waals surface area (Å²) in [6.07, 6.45) is -6.14. The Morgan fingerprint density at radius 1 is 1.27 bits per heavy atom. The number of rotatable bonds is 6. The Bertz CT molecular complexity index is 1150. The zero-order valence-electron chi connectivity index (χ0n) is 15.1. The van der Waals surface area contributed by atoms with Gasteiger partial charge in [-0.15, -0.1) is 0 Å². The van der Waals surface area contributed by atoms with Crippen LogP contribution in [0.4, 0.5) is 28.9 Å². The molecule has 2 aromatic heterocycles. The van der Waals surface area contributed by atoms with E-state index in [1.54, 1.807) is 0 Å². The molecule has 1 amide bonds. The SMILES string of the molecule is Cc1nn(CC(=O)Nc2ccc([N+](=O)[O-])cc2Cl)c2nc(C(F)F)cc(C(F)F)c12. The average Bonchev–Trinajstić information content (AvgIpc) is 2.97. The van der Waals surface area contributed by atoms with Crippen molar-refractivity contribution in [1.29, 1.82) is 0 Å². The van der Waals surface area contributed by atoms with Crippen molar-refractivity contribution >= 4 is 39.9 Å². The summed E-state index contributed by atoms with van der Waals surface area (Å²) in [7, 11) is 0. The molecule has 30 heavy (non-hydrogen) atoms. The standard InChI is InChI=1S/C17H12ClF4N5O3/c1-7-14-9(15(19)20)5-12(16(21)22)24-17(14)26(25-7)6-13(28)23-11-3-2-8(27(29)30)4-10(11)18/h2-5,15-16H,6H2,1H3,(H,23,28). The van der Waals surface area contributed by atoms with E-state index >= 15 is 0 Å². The van der Waals surface area contributed by atoms with E-state index in [1.165, 1.54) is 13.0 Å². The van der Waals surface area contributed by atoms with Crippen LogP contribution in [0.15, 0.2) is 24.3 Å². The van der Waals surface area contributed by atoms with Crippen LogP contribution < -0.4 is 5.32 Å². The van der Waals surface area contributed by atoms with Gasteiger partial charge >= 0.3 is 0 Å². The maximum absolute atomic E-state index is 13.4. The Hall–Kier alpha value is -3.28. The molecule has 8 nitrogen and oxygen atoms in total. The molecule has 2 heterocycles. The Balaban J connectivity index is 1.94. The van der Waals surface area contributed by atoms with Crippen LogP contribution in [0, 0.1) is 17.0 Å². The molecule has 0 bridgehead atoms. The summed E-state index contributed by atoms with van der Waals surface area (Å²) in [5.41, 5.74) is -1.93. The van der Waals surface area contributed by atoms with E-state index in [9.17, 15) is 32.5 Å². The van der Waals surface area contributed by atoms with Crippen LogP contribution in [0.25, 0.3) is 11.0 Å². The van der Waals surface area contributed by atoms with Crippen LogP contribution in [-0.4, -0.2) is 25.6 Å². The number of hydrogen-bond acceptors (Lipinski definition) is 5. The molecule has 0 saturated carbocycles. The Kier molecular flexibility index (Phi) is 5.87. The van der Waals surface area contributed by atoms with Gasteiger partial charge in [0.2, 0.25) is 5.91 Å². The van der Waals surface area contributed by atoms with Crippen molar-refractivity contribution in [2.45, 2.75) is 26.3 Å². The number of benzene rings is 1. The lowest BCUT2D eigenvalue weighted by Crippen LogP contribution is -2.20. The number of amides is 1. The Labute approximate surface area is 170 Å². The van der Waals surface area contributed by atoms with Gasteiger partial charge in [-0.1, -0.05) is 11.6 Å². The smallest absolute Gasteiger partial charge is 0.280 e. The molecular weight excluding hydrogens is 434 g/mol. The van der Waals surface area contributed by atoms with Gasteiger partial charge in [0.15, 0.2) is 5.65 Å². The second-order valence-corrected chi connectivity index (χ2v) is 6.56. The van der Waals surface area contributed by atoms with Gasteiger partial charge in [-0.2, -0.15) is 5.10 Å². The van der Waals surface area contributed by atoms with Crippen molar-refractivity contribution in [3.05, 3.63) is 56.4 Å². The molecule has 0 aliphatic heterocycles. The normalized spacial score (nSPS) is 11.5. The highest BCUT2D eigenvalue weighted by molar-refractivity contribution is 6.33. The van der Waals surface area contributed by atoms with E-state index in [2.05, 4.69) is 15.4 Å². The quantitative estimate of drug-likeness (QED) is 0.333. The fourth-order valence-electron chi connectivity index (χ4n) is 2.85. The predicted octanol–water partition coefficient (Wildman–Crippen LogP) is 4.82. The highest BCUT2D eigenvalue weighted by Crippen LogP contribution is 2.32. The molecule has 13 heteroatoms. The first-order chi connectivity index (χ1) is 14.1. The second-order valence-electron chi connectivity index (χ2n) is 6.15. The van der Waals surface area contributed by atoms with Crippen LogP contribution in [0.3, 0.4) is 0 Å². The molecule has 0 radical (unpaired) electrons. The first-order valence-corrected chi connectivity index (χ1v) is 8.64. The second kappa shape index (κ2) is 8.22. The summed E-state index contributed by atoms with van der Waals surface area (Å²) in [4.78, 5) is 26.1. The van der Waals surface area contributed by atoms with E-state index in [4.69, 9.17) is 11.6 Å². The third-order valence-electron chi connectivity index (χ3n) is 4.12. The number of nitrogens with zero attached hydrogens (tertiary/aromatic N) is 4. The molecule has 0 aliphatic carbocycles. The third-order valence-corrected chi connectivity index (χ3v) is 4.43. The van der Waals surface area contributed by atoms with Gasteiger partial charge < -0.3 is 5.32 Å². The van der Waals surface area contributed by atoms with Crippen molar-refractivity contribution in [3.63, 3.8) is 0 Å². The summed E-state index contributed by atoms with van der Waals surface area (Å²) < 4.78 is 53.8. The molecule has 0 atom stereocenters. The average molecular weight is 446 g/mol. The van der Waals surface area contributed by atoms with Crippen LogP contribution in [0.1, 0.15) is 29.8 Å². The van der Waals surface area contributed by atoms with Crippen molar-refractivity contribution in [3.8, 4) is 0 Å². The number of hydrogen-bond donors (Lipinski definition) is 1. The molecule has 0 aliphatic rings.